The predicted octanol–water partition coefficient (Wildman–Crippen LogP) is -10.3. The molecule has 26 heteroatoms. The molecule has 0 aromatic carbocycles. The quantitative estimate of drug-likeness (QED) is 0.0728. The highest BCUT2D eigenvalue weighted by atomic mass is 16.8. The van der Waals surface area contributed by atoms with Crippen LogP contribution in [0, 0.1) is 0 Å². The summed E-state index contributed by atoms with van der Waals surface area (Å²) in [5, 5.41) is 151. The molecular formula is C31H52N2O24. The second-order valence-electron chi connectivity index (χ2n) is 14.0. The molecule has 26 nitrogen and oxygen atoms in total. The number of hydrogen-bond donors (Lipinski definition) is 16. The standard InChI is InChI=1S/C31H52N2O24/c1-8(38)32-15-11(52-28-16(33-9(2)39)20(44)18(42)12(5-35)53-28)3-31(30(49)50,56-25(15)17(41)10(40)4-34)57-26-21(45)19(43)13(6-36)54-29(26)55-24-14(7-37)51-27(48)23(47)22(24)46/h10-29,34-37,40-48H,3-7H2,1-2H3,(H,32,38)(H,33,39)(H,49,50)/t10-,11+,12-,13-,14-,15-,16-,17-,18+,19+,20-,21+,22-,23-,24-,25-,26-,27-,28+,29+,31+/m1/s1. The third-order valence-corrected chi connectivity index (χ3v) is 10.0. The van der Waals surface area contributed by atoms with E-state index in [1.807, 2.05) is 0 Å². The van der Waals surface area contributed by atoms with Crippen molar-refractivity contribution in [1.82, 2.24) is 10.6 Å². The number of hydrogen-bond acceptors (Lipinski definition) is 23. The Morgan fingerprint density at radius 1 is 0.684 bits per heavy atom. The molecule has 0 aromatic rings. The van der Waals surface area contributed by atoms with Crippen LogP contribution in [0.15, 0.2) is 0 Å². The molecule has 0 saturated carbocycles. The van der Waals surface area contributed by atoms with Gasteiger partial charge in [-0.15, -0.1) is 0 Å². The lowest BCUT2D eigenvalue weighted by Crippen LogP contribution is -2.72. The first-order chi connectivity index (χ1) is 26.7. The molecule has 4 fully saturated rings. The van der Waals surface area contributed by atoms with Crippen LogP contribution in [0.2, 0.25) is 0 Å². The van der Waals surface area contributed by atoms with Gasteiger partial charge in [0.05, 0.1) is 38.6 Å². The van der Waals surface area contributed by atoms with Gasteiger partial charge in [-0.1, -0.05) is 0 Å². The zero-order valence-electron chi connectivity index (χ0n) is 30.4. The molecule has 0 radical (unpaired) electrons. The molecule has 21 atom stereocenters. The Morgan fingerprint density at radius 3 is 1.74 bits per heavy atom. The molecule has 0 unspecified atom stereocenters. The number of aliphatic hydroxyl groups excluding tert-OH is 13. The van der Waals surface area contributed by atoms with Crippen LogP contribution in [0.1, 0.15) is 20.3 Å². The van der Waals surface area contributed by atoms with Crippen molar-refractivity contribution in [3.05, 3.63) is 0 Å². The third kappa shape index (κ3) is 10.2. The van der Waals surface area contributed by atoms with E-state index in [9.17, 15) is 85.9 Å². The van der Waals surface area contributed by atoms with E-state index in [1.54, 1.807) is 0 Å². The molecule has 4 aliphatic rings. The number of amides is 2. The first-order valence-corrected chi connectivity index (χ1v) is 17.7. The SMILES string of the molecule is CC(=O)N[C@H]1[C@@H](O[C@H]2C[C@](O[C@H]3[C@H](O[C@H]4[C@H](O)[C@@H](O)[C@H](O)O[C@@H]4CO)O[C@H](CO)[C@H](O)[C@@H]3O)(C(=O)O)O[C@@H]([C@H](O)[C@H](O)CO)[C@@H]2NC(C)=O)O[C@H](CO)[C@H](O)[C@@H]1O. The Morgan fingerprint density at radius 2 is 1.21 bits per heavy atom. The van der Waals surface area contributed by atoms with E-state index in [1.165, 1.54) is 0 Å². The topological polar surface area (TPSA) is 423 Å². The minimum atomic E-state index is -3.27. The van der Waals surface area contributed by atoms with Crippen LogP contribution in [0.3, 0.4) is 0 Å². The molecule has 16 N–H and O–H groups in total. The summed E-state index contributed by atoms with van der Waals surface area (Å²) in [6.07, 6.45) is -37.1. The number of carboxylic acids is 1. The summed E-state index contributed by atoms with van der Waals surface area (Å²) in [6.45, 7) is -2.07. The van der Waals surface area contributed by atoms with E-state index in [4.69, 9.17) is 33.2 Å². The number of ether oxygens (including phenoxy) is 7. The highest BCUT2D eigenvalue weighted by molar-refractivity contribution is 5.77. The first kappa shape index (κ1) is 47.3. The van der Waals surface area contributed by atoms with Crippen molar-refractivity contribution >= 4 is 17.8 Å². The van der Waals surface area contributed by atoms with Crippen molar-refractivity contribution in [2.24, 2.45) is 0 Å². The summed E-state index contributed by atoms with van der Waals surface area (Å²) in [7, 11) is 0. The molecule has 2 amide bonds. The molecule has 0 spiro atoms. The van der Waals surface area contributed by atoms with Crippen molar-refractivity contribution in [3.63, 3.8) is 0 Å². The van der Waals surface area contributed by atoms with Gasteiger partial charge in [0.15, 0.2) is 18.9 Å². The van der Waals surface area contributed by atoms with E-state index in [-0.39, 0.29) is 0 Å². The number of carbonyl (C=O) groups is 3. The second-order valence-corrected chi connectivity index (χ2v) is 14.0. The average molecular weight is 837 g/mol. The Bertz CT molecular complexity index is 1350. The van der Waals surface area contributed by atoms with Crippen LogP contribution < -0.4 is 10.6 Å². The number of carbonyl (C=O) groups excluding carboxylic acids is 2. The maximum Gasteiger partial charge on any atom is 0.364 e. The summed E-state index contributed by atoms with van der Waals surface area (Å²) >= 11 is 0. The van der Waals surface area contributed by atoms with E-state index in [0.717, 1.165) is 13.8 Å². The zero-order valence-corrected chi connectivity index (χ0v) is 30.4. The van der Waals surface area contributed by atoms with Gasteiger partial charge in [-0.3, -0.25) is 9.59 Å². The Labute approximate surface area is 322 Å². The van der Waals surface area contributed by atoms with Crippen LogP contribution in [0.25, 0.3) is 0 Å². The number of rotatable bonds is 15. The van der Waals surface area contributed by atoms with E-state index in [0.29, 0.717) is 0 Å². The monoisotopic (exact) mass is 836 g/mol. The van der Waals surface area contributed by atoms with Gasteiger partial charge < -0.3 is 115 Å². The van der Waals surface area contributed by atoms with Crippen molar-refractivity contribution in [2.45, 2.75) is 149 Å². The summed E-state index contributed by atoms with van der Waals surface area (Å²) in [6, 6.07) is -3.41. The molecule has 4 aliphatic heterocycles. The molecule has 0 bridgehead atoms. The van der Waals surface area contributed by atoms with Crippen molar-refractivity contribution in [2.75, 3.05) is 26.4 Å². The smallest absolute Gasteiger partial charge is 0.364 e. The van der Waals surface area contributed by atoms with Gasteiger partial charge in [-0.25, -0.2) is 4.79 Å². The summed E-state index contributed by atoms with van der Waals surface area (Å²) in [4.78, 5) is 38.0. The number of aliphatic carboxylic acids is 1. The van der Waals surface area contributed by atoms with Gasteiger partial charge in [0, 0.05) is 20.3 Å². The Balaban J connectivity index is 1.83. The zero-order chi connectivity index (χ0) is 42.7. The van der Waals surface area contributed by atoms with Crippen molar-refractivity contribution in [3.8, 4) is 0 Å². The Hall–Kier alpha value is -2.39. The molecule has 330 valence electrons. The molecule has 0 aromatic heterocycles. The van der Waals surface area contributed by atoms with Crippen LogP contribution >= 0.6 is 0 Å². The fourth-order valence-electron chi connectivity index (χ4n) is 7.02. The lowest BCUT2D eigenvalue weighted by atomic mass is 9.87. The summed E-state index contributed by atoms with van der Waals surface area (Å²) < 4.78 is 39.6. The highest BCUT2D eigenvalue weighted by Crippen LogP contribution is 2.40. The summed E-state index contributed by atoms with van der Waals surface area (Å²) in [5.41, 5.74) is 0. The minimum absolute atomic E-state index is 0.796. The average Bonchev–Trinajstić information content (AvgIpc) is 3.16. The molecule has 4 heterocycles. The maximum absolute atomic E-state index is 13.4. The van der Waals surface area contributed by atoms with E-state index in [2.05, 4.69) is 10.6 Å². The third-order valence-electron chi connectivity index (χ3n) is 10.0. The number of aliphatic hydroxyl groups is 13. The fourth-order valence-corrected chi connectivity index (χ4v) is 7.02. The molecule has 4 saturated heterocycles. The highest BCUT2D eigenvalue weighted by Gasteiger charge is 2.62. The van der Waals surface area contributed by atoms with E-state index < -0.39 is 179 Å². The normalized spacial score (nSPS) is 45.1. The van der Waals surface area contributed by atoms with Gasteiger partial charge in [0.25, 0.3) is 5.79 Å². The Kier molecular flexibility index (Phi) is 16.4. The number of carboxylic acid groups (broad SMARTS) is 1. The second kappa shape index (κ2) is 19.8. The van der Waals surface area contributed by atoms with Crippen molar-refractivity contribution < 1.29 is 119 Å². The van der Waals surface area contributed by atoms with E-state index >= 15 is 0 Å². The molecule has 0 aliphatic carbocycles. The van der Waals surface area contributed by atoms with Gasteiger partial charge in [0.2, 0.25) is 11.8 Å². The van der Waals surface area contributed by atoms with Gasteiger partial charge in [0.1, 0.15) is 91.5 Å². The lowest BCUT2D eigenvalue weighted by Gasteiger charge is -2.52. The minimum Gasteiger partial charge on any atom is -0.477 e. The van der Waals surface area contributed by atoms with Gasteiger partial charge in [-0.2, -0.15) is 0 Å². The maximum atomic E-state index is 13.4. The fraction of sp³-hybridized carbons (Fsp3) is 0.903. The van der Waals surface area contributed by atoms with Gasteiger partial charge >= 0.3 is 5.97 Å². The largest absolute Gasteiger partial charge is 0.477 e. The van der Waals surface area contributed by atoms with Crippen molar-refractivity contribution in [1.29, 1.82) is 0 Å². The van der Waals surface area contributed by atoms with Crippen LogP contribution in [-0.4, -0.2) is 244 Å². The lowest BCUT2D eigenvalue weighted by molar-refractivity contribution is -0.398. The number of nitrogens with one attached hydrogen (secondary N) is 2. The van der Waals surface area contributed by atoms with Gasteiger partial charge in [-0.05, 0) is 0 Å². The van der Waals surface area contributed by atoms with Crippen LogP contribution in [-0.2, 0) is 47.5 Å². The first-order valence-electron chi connectivity index (χ1n) is 17.7. The summed E-state index contributed by atoms with van der Waals surface area (Å²) in [5.74, 6) is -7.04. The van der Waals surface area contributed by atoms with Crippen LogP contribution in [0.4, 0.5) is 0 Å². The molecule has 4 rings (SSSR count). The molecule has 57 heavy (non-hydrogen) atoms. The van der Waals surface area contributed by atoms with Crippen LogP contribution in [0.5, 0.6) is 0 Å². The molecular weight excluding hydrogens is 784 g/mol. The predicted molar refractivity (Wildman–Crippen MR) is 174 cm³/mol.